The molecule has 1 aromatic heterocycles. The average Bonchev–Trinajstić information content (AvgIpc) is 2.31. The number of H-pyrrole nitrogens is 1. The molecule has 1 heterocycles. The summed E-state index contributed by atoms with van der Waals surface area (Å²) in [5, 5.41) is 6.59. The van der Waals surface area contributed by atoms with Crippen LogP contribution in [0.2, 0.25) is 0 Å². The first kappa shape index (κ1) is 8.61. The van der Waals surface area contributed by atoms with Crippen molar-refractivity contribution < 1.29 is 0 Å². The molecule has 0 aliphatic heterocycles. The van der Waals surface area contributed by atoms with Gasteiger partial charge in [-0.15, -0.1) is 0 Å². The van der Waals surface area contributed by atoms with Crippen LogP contribution in [0.3, 0.4) is 0 Å². The summed E-state index contributed by atoms with van der Waals surface area (Å²) >= 11 is 6.60. The van der Waals surface area contributed by atoms with Crippen molar-refractivity contribution in [1.82, 2.24) is 14.9 Å². The number of aryl methyl sites for hydroxylation is 1. The lowest BCUT2D eigenvalue weighted by molar-refractivity contribution is 0.855. The normalized spacial score (nSPS) is 10.3. The Morgan fingerprint density at radius 2 is 2.55 bits per heavy atom. The lowest BCUT2D eigenvalue weighted by Crippen LogP contribution is -2.13. The van der Waals surface area contributed by atoms with E-state index in [4.69, 9.17) is 18.1 Å². The Morgan fingerprint density at radius 3 is 3.00 bits per heavy atom. The molecule has 0 aliphatic carbocycles. The standard InChI is InChI=1S/C5H10N4S2/c1-11-3-2-4-7-8-5(10)9(4)6/h2-3,6H2,1H3,(H,8,10). The van der Waals surface area contributed by atoms with Crippen LogP contribution in [0.1, 0.15) is 5.82 Å². The Balaban J connectivity index is 2.71. The van der Waals surface area contributed by atoms with Gasteiger partial charge in [0.15, 0.2) is 5.82 Å². The number of nitrogens with zero attached hydrogens (tertiary/aromatic N) is 2. The third kappa shape index (κ3) is 1.97. The monoisotopic (exact) mass is 190 g/mol. The highest BCUT2D eigenvalue weighted by atomic mass is 32.2. The van der Waals surface area contributed by atoms with E-state index in [1.165, 1.54) is 4.68 Å². The summed E-state index contributed by atoms with van der Waals surface area (Å²) in [5.74, 6) is 7.37. The molecule has 4 nitrogen and oxygen atoms in total. The van der Waals surface area contributed by atoms with E-state index in [0.717, 1.165) is 18.0 Å². The number of nitrogens with two attached hydrogens (primary N) is 1. The highest BCUT2D eigenvalue weighted by molar-refractivity contribution is 7.98. The van der Waals surface area contributed by atoms with Gasteiger partial charge in [-0.25, -0.2) is 4.68 Å². The summed E-state index contributed by atoms with van der Waals surface area (Å²) < 4.78 is 1.88. The molecular formula is C5H10N4S2. The van der Waals surface area contributed by atoms with Crippen molar-refractivity contribution in [2.24, 2.45) is 0 Å². The van der Waals surface area contributed by atoms with Crippen LogP contribution in [-0.4, -0.2) is 26.9 Å². The molecule has 0 saturated heterocycles. The molecule has 6 heteroatoms. The Bertz CT molecular complexity index is 276. The van der Waals surface area contributed by atoms with E-state index < -0.39 is 0 Å². The molecule has 0 aliphatic rings. The van der Waals surface area contributed by atoms with E-state index >= 15 is 0 Å². The fraction of sp³-hybridized carbons (Fsp3) is 0.600. The van der Waals surface area contributed by atoms with Gasteiger partial charge in [0.1, 0.15) is 0 Å². The SMILES string of the molecule is CSCCc1n[nH]c(=S)n1N. The summed E-state index contributed by atoms with van der Waals surface area (Å²) in [6.07, 6.45) is 2.90. The first-order valence-electron chi connectivity index (χ1n) is 3.16. The lowest BCUT2D eigenvalue weighted by Gasteiger charge is -1.96. The average molecular weight is 190 g/mol. The van der Waals surface area contributed by atoms with Crippen molar-refractivity contribution in [3.05, 3.63) is 10.6 Å². The van der Waals surface area contributed by atoms with Gasteiger partial charge >= 0.3 is 0 Å². The van der Waals surface area contributed by atoms with E-state index in [1.807, 2.05) is 6.26 Å². The van der Waals surface area contributed by atoms with Crippen LogP contribution in [0.15, 0.2) is 0 Å². The molecule has 0 amide bonds. The zero-order valence-corrected chi connectivity index (χ0v) is 7.84. The molecule has 62 valence electrons. The van der Waals surface area contributed by atoms with Crippen molar-refractivity contribution in [1.29, 1.82) is 0 Å². The van der Waals surface area contributed by atoms with Gasteiger partial charge in [0.25, 0.3) is 0 Å². The summed E-state index contributed by atoms with van der Waals surface area (Å²) in [5.41, 5.74) is 0. The van der Waals surface area contributed by atoms with Crippen molar-refractivity contribution in [3.63, 3.8) is 0 Å². The Morgan fingerprint density at radius 1 is 1.82 bits per heavy atom. The Labute approximate surface area is 74.1 Å². The second kappa shape index (κ2) is 3.77. The van der Waals surface area contributed by atoms with Gasteiger partial charge in [-0.05, 0) is 18.5 Å². The minimum absolute atomic E-state index is 0.473. The summed E-state index contributed by atoms with van der Waals surface area (Å²) in [7, 11) is 0. The van der Waals surface area contributed by atoms with E-state index in [-0.39, 0.29) is 0 Å². The van der Waals surface area contributed by atoms with Crippen molar-refractivity contribution in [3.8, 4) is 0 Å². The summed E-state index contributed by atoms with van der Waals surface area (Å²) in [4.78, 5) is 0. The molecule has 1 aromatic rings. The molecule has 0 radical (unpaired) electrons. The smallest absolute Gasteiger partial charge is 0.214 e. The number of nitrogen functional groups attached to an aromatic ring is 1. The third-order valence-corrected chi connectivity index (χ3v) is 2.21. The first-order chi connectivity index (χ1) is 5.25. The number of aromatic amines is 1. The van der Waals surface area contributed by atoms with Crippen molar-refractivity contribution in [2.75, 3.05) is 17.9 Å². The van der Waals surface area contributed by atoms with Gasteiger partial charge in [0.2, 0.25) is 4.77 Å². The molecule has 1 rings (SSSR count). The number of hydrogen-bond acceptors (Lipinski definition) is 4. The van der Waals surface area contributed by atoms with E-state index in [9.17, 15) is 0 Å². The fourth-order valence-corrected chi connectivity index (χ4v) is 1.24. The molecule has 0 fully saturated rings. The van der Waals surface area contributed by atoms with Crippen LogP contribution in [-0.2, 0) is 6.42 Å². The minimum Gasteiger partial charge on any atom is -0.335 e. The molecule has 0 saturated carbocycles. The van der Waals surface area contributed by atoms with Crippen LogP contribution in [0.4, 0.5) is 0 Å². The van der Waals surface area contributed by atoms with Gasteiger partial charge < -0.3 is 5.84 Å². The maximum absolute atomic E-state index is 5.55. The van der Waals surface area contributed by atoms with Gasteiger partial charge in [-0.2, -0.15) is 16.9 Å². The topological polar surface area (TPSA) is 59.6 Å². The molecule has 0 atom stereocenters. The summed E-state index contributed by atoms with van der Waals surface area (Å²) in [6.45, 7) is 0. The Kier molecular flexibility index (Phi) is 2.95. The quantitative estimate of drug-likeness (QED) is 0.540. The number of rotatable bonds is 3. The fourth-order valence-electron chi connectivity index (χ4n) is 0.707. The molecule has 11 heavy (non-hydrogen) atoms. The van der Waals surface area contributed by atoms with Crippen LogP contribution >= 0.6 is 24.0 Å². The first-order valence-corrected chi connectivity index (χ1v) is 4.96. The molecule has 0 aromatic carbocycles. The maximum Gasteiger partial charge on any atom is 0.214 e. The van der Waals surface area contributed by atoms with Gasteiger partial charge in [-0.3, -0.25) is 5.10 Å². The molecule has 0 bridgehead atoms. The second-order valence-electron chi connectivity index (χ2n) is 2.06. The number of nitrogens with one attached hydrogen (secondary N) is 1. The second-order valence-corrected chi connectivity index (χ2v) is 3.43. The Hall–Kier alpha value is -0.490. The predicted molar refractivity (Wildman–Crippen MR) is 49.6 cm³/mol. The van der Waals surface area contributed by atoms with E-state index in [0.29, 0.717) is 4.77 Å². The predicted octanol–water partition coefficient (Wildman–Crippen LogP) is 0.560. The largest absolute Gasteiger partial charge is 0.335 e. The van der Waals surface area contributed by atoms with Crippen LogP contribution < -0.4 is 5.84 Å². The zero-order chi connectivity index (χ0) is 8.27. The molecular weight excluding hydrogens is 180 g/mol. The van der Waals surface area contributed by atoms with E-state index in [1.54, 1.807) is 11.8 Å². The van der Waals surface area contributed by atoms with Crippen molar-refractivity contribution in [2.45, 2.75) is 6.42 Å². The highest BCUT2D eigenvalue weighted by Gasteiger charge is 2.00. The van der Waals surface area contributed by atoms with Gasteiger partial charge in [0, 0.05) is 12.2 Å². The number of thioether (sulfide) groups is 1. The lowest BCUT2D eigenvalue weighted by atomic mass is 10.5. The highest BCUT2D eigenvalue weighted by Crippen LogP contribution is 1.99. The van der Waals surface area contributed by atoms with Crippen LogP contribution in [0, 0.1) is 4.77 Å². The third-order valence-electron chi connectivity index (χ3n) is 1.31. The zero-order valence-electron chi connectivity index (χ0n) is 6.20. The molecule has 0 unspecified atom stereocenters. The van der Waals surface area contributed by atoms with Gasteiger partial charge in [-0.1, -0.05) is 0 Å². The minimum atomic E-state index is 0.473. The maximum atomic E-state index is 5.55. The summed E-state index contributed by atoms with van der Waals surface area (Å²) in [6, 6.07) is 0. The van der Waals surface area contributed by atoms with Gasteiger partial charge in [0.05, 0.1) is 0 Å². The number of aromatic nitrogens is 3. The molecule has 0 spiro atoms. The molecule has 3 N–H and O–H groups in total. The van der Waals surface area contributed by atoms with E-state index in [2.05, 4.69) is 10.2 Å². The van der Waals surface area contributed by atoms with Crippen molar-refractivity contribution >= 4 is 24.0 Å². The number of hydrogen-bond donors (Lipinski definition) is 2. The van der Waals surface area contributed by atoms with Crippen LogP contribution in [0.25, 0.3) is 0 Å². The van der Waals surface area contributed by atoms with Crippen LogP contribution in [0.5, 0.6) is 0 Å².